The Balaban J connectivity index is 1.78. The first kappa shape index (κ1) is 12.8. The molecule has 0 bridgehead atoms. The predicted molar refractivity (Wildman–Crippen MR) is 71.8 cm³/mol. The second-order valence-electron chi connectivity index (χ2n) is 3.56. The number of benzene rings is 1. The average molecular weight is 288 g/mol. The number of hydrogen-bond donors (Lipinski definition) is 1. The molecule has 0 spiro atoms. The van der Waals surface area contributed by atoms with Crippen molar-refractivity contribution < 1.29 is 0 Å². The minimum atomic E-state index is 0.667. The fourth-order valence-corrected chi connectivity index (χ4v) is 2.38. The predicted octanol–water partition coefficient (Wildman–Crippen LogP) is 3.18. The topological polar surface area (TPSA) is 37.8 Å². The van der Waals surface area contributed by atoms with E-state index < -0.39 is 0 Å². The molecule has 6 heteroatoms. The highest BCUT2D eigenvalue weighted by molar-refractivity contribution is 7.03. The lowest BCUT2D eigenvalue weighted by molar-refractivity contribution is 0.673. The second-order valence-corrected chi connectivity index (χ2v) is 5.01. The van der Waals surface area contributed by atoms with E-state index in [0.717, 1.165) is 35.8 Å². The van der Waals surface area contributed by atoms with E-state index in [4.69, 9.17) is 23.2 Å². The van der Waals surface area contributed by atoms with Crippen LogP contribution >= 0.6 is 34.7 Å². The fourth-order valence-electron chi connectivity index (χ4n) is 1.42. The summed E-state index contributed by atoms with van der Waals surface area (Å²) in [4.78, 5) is 0. The number of rotatable bonds is 5. The number of nitrogens with one attached hydrogen (secondary N) is 1. The maximum atomic E-state index is 6.08. The van der Waals surface area contributed by atoms with E-state index in [2.05, 4.69) is 14.9 Å². The van der Waals surface area contributed by atoms with Crippen molar-refractivity contribution in [2.45, 2.75) is 13.0 Å². The molecule has 0 unspecified atom stereocenters. The van der Waals surface area contributed by atoms with Crippen molar-refractivity contribution in [3.05, 3.63) is 44.9 Å². The van der Waals surface area contributed by atoms with Gasteiger partial charge in [-0.15, -0.1) is 5.10 Å². The van der Waals surface area contributed by atoms with Gasteiger partial charge in [0.05, 0.1) is 5.69 Å². The quantitative estimate of drug-likeness (QED) is 0.859. The molecule has 1 aromatic carbocycles. The smallest absolute Gasteiger partial charge is 0.0893 e. The van der Waals surface area contributed by atoms with E-state index in [9.17, 15) is 0 Å². The second kappa shape index (κ2) is 6.31. The third-order valence-electron chi connectivity index (χ3n) is 2.30. The number of aromatic nitrogens is 2. The minimum absolute atomic E-state index is 0.667. The molecule has 2 rings (SSSR count). The zero-order valence-corrected chi connectivity index (χ0v) is 11.3. The molecule has 0 radical (unpaired) electrons. The highest BCUT2D eigenvalue weighted by atomic mass is 35.5. The van der Waals surface area contributed by atoms with Crippen LogP contribution in [0.3, 0.4) is 0 Å². The van der Waals surface area contributed by atoms with Crippen LogP contribution in [0, 0.1) is 0 Å². The third-order valence-corrected chi connectivity index (χ3v) is 3.44. The number of nitrogens with zero attached hydrogens (tertiary/aromatic N) is 2. The molecule has 0 fully saturated rings. The maximum Gasteiger partial charge on any atom is 0.0893 e. The highest BCUT2D eigenvalue weighted by Gasteiger charge is 2.01. The van der Waals surface area contributed by atoms with Crippen LogP contribution in [0.5, 0.6) is 0 Å². The monoisotopic (exact) mass is 287 g/mol. The van der Waals surface area contributed by atoms with Gasteiger partial charge in [-0.05, 0) is 42.2 Å². The van der Waals surface area contributed by atoms with Crippen molar-refractivity contribution >= 4 is 34.7 Å². The molecule has 3 nitrogen and oxygen atoms in total. The lowest BCUT2D eigenvalue weighted by Crippen LogP contribution is -2.17. The number of hydrogen-bond acceptors (Lipinski definition) is 4. The van der Waals surface area contributed by atoms with Crippen molar-refractivity contribution in [3.8, 4) is 0 Å². The van der Waals surface area contributed by atoms with Crippen LogP contribution in [0.25, 0.3) is 0 Å². The summed E-state index contributed by atoms with van der Waals surface area (Å²) in [7, 11) is 0. The summed E-state index contributed by atoms with van der Waals surface area (Å²) in [5, 5.41) is 10.6. The van der Waals surface area contributed by atoms with Gasteiger partial charge in [0.1, 0.15) is 0 Å². The van der Waals surface area contributed by atoms with Crippen molar-refractivity contribution in [2.75, 3.05) is 6.54 Å². The zero-order valence-electron chi connectivity index (χ0n) is 8.99. The van der Waals surface area contributed by atoms with Gasteiger partial charge < -0.3 is 5.32 Å². The van der Waals surface area contributed by atoms with Crippen molar-refractivity contribution in [1.82, 2.24) is 14.9 Å². The van der Waals surface area contributed by atoms with Gasteiger partial charge >= 0.3 is 0 Å². The van der Waals surface area contributed by atoms with Gasteiger partial charge in [0, 0.05) is 22.0 Å². The summed E-state index contributed by atoms with van der Waals surface area (Å²) in [6.45, 7) is 1.58. The van der Waals surface area contributed by atoms with E-state index in [1.165, 1.54) is 11.5 Å². The molecule has 0 aliphatic carbocycles. The van der Waals surface area contributed by atoms with Crippen LogP contribution in [0.15, 0.2) is 23.6 Å². The van der Waals surface area contributed by atoms with Gasteiger partial charge in [-0.25, -0.2) is 0 Å². The Bertz CT molecular complexity index is 474. The van der Waals surface area contributed by atoms with E-state index in [1.807, 2.05) is 17.5 Å². The van der Waals surface area contributed by atoms with Crippen LogP contribution < -0.4 is 5.32 Å². The number of halogens is 2. The maximum absolute atomic E-state index is 6.08. The standard InChI is InChI=1S/C11H11Cl2N3S/c12-9-2-1-8(11(13)5-9)3-4-14-6-10-7-17-16-15-10/h1-2,5,7,14H,3-4,6H2. The van der Waals surface area contributed by atoms with Crippen LogP contribution in [0.4, 0.5) is 0 Å². The molecule has 0 saturated heterocycles. The molecular weight excluding hydrogens is 277 g/mol. The van der Waals surface area contributed by atoms with E-state index in [1.54, 1.807) is 6.07 Å². The summed E-state index contributed by atoms with van der Waals surface area (Å²) in [6, 6.07) is 5.58. The Morgan fingerprint density at radius 3 is 2.88 bits per heavy atom. The van der Waals surface area contributed by atoms with Gasteiger partial charge in [0.2, 0.25) is 0 Å². The fraction of sp³-hybridized carbons (Fsp3) is 0.273. The van der Waals surface area contributed by atoms with E-state index >= 15 is 0 Å². The summed E-state index contributed by atoms with van der Waals surface area (Å²) in [6.07, 6.45) is 0.869. The molecular formula is C11H11Cl2N3S. The summed E-state index contributed by atoms with van der Waals surface area (Å²) in [5.74, 6) is 0. The van der Waals surface area contributed by atoms with Crippen molar-refractivity contribution in [1.29, 1.82) is 0 Å². The van der Waals surface area contributed by atoms with Gasteiger partial charge in [0.25, 0.3) is 0 Å². The Morgan fingerprint density at radius 2 is 2.18 bits per heavy atom. The average Bonchev–Trinajstić information content (AvgIpc) is 2.79. The molecule has 2 aromatic rings. The normalized spacial score (nSPS) is 10.7. The first-order chi connectivity index (χ1) is 8.25. The first-order valence-electron chi connectivity index (χ1n) is 5.16. The molecule has 1 aromatic heterocycles. The van der Waals surface area contributed by atoms with E-state index in [0.29, 0.717) is 5.02 Å². The lowest BCUT2D eigenvalue weighted by Gasteiger charge is -2.05. The molecule has 0 amide bonds. The summed E-state index contributed by atoms with van der Waals surface area (Å²) < 4.78 is 3.80. The summed E-state index contributed by atoms with van der Waals surface area (Å²) in [5.41, 5.74) is 2.07. The molecule has 0 saturated carbocycles. The van der Waals surface area contributed by atoms with Gasteiger partial charge in [-0.2, -0.15) is 0 Å². The minimum Gasteiger partial charge on any atom is -0.311 e. The van der Waals surface area contributed by atoms with Crippen LogP contribution in [0.2, 0.25) is 10.0 Å². The Hall–Kier alpha value is -0.680. The van der Waals surface area contributed by atoms with Gasteiger partial charge in [-0.3, -0.25) is 0 Å². The first-order valence-corrected chi connectivity index (χ1v) is 6.75. The molecule has 0 aliphatic heterocycles. The zero-order chi connectivity index (χ0) is 12.1. The molecule has 90 valence electrons. The Morgan fingerprint density at radius 1 is 1.29 bits per heavy atom. The van der Waals surface area contributed by atoms with E-state index in [-0.39, 0.29) is 0 Å². The van der Waals surface area contributed by atoms with Gasteiger partial charge in [0.15, 0.2) is 0 Å². The molecule has 17 heavy (non-hydrogen) atoms. The molecule has 0 aliphatic rings. The SMILES string of the molecule is Clc1ccc(CCNCc2csnn2)c(Cl)c1. The highest BCUT2D eigenvalue weighted by Crippen LogP contribution is 2.20. The van der Waals surface area contributed by atoms with Gasteiger partial charge in [-0.1, -0.05) is 33.8 Å². The van der Waals surface area contributed by atoms with Crippen LogP contribution in [-0.2, 0) is 13.0 Å². The molecule has 0 atom stereocenters. The van der Waals surface area contributed by atoms with Crippen LogP contribution in [0.1, 0.15) is 11.3 Å². The molecule has 1 N–H and O–H groups in total. The summed E-state index contributed by atoms with van der Waals surface area (Å²) >= 11 is 13.3. The van der Waals surface area contributed by atoms with Crippen LogP contribution in [-0.4, -0.2) is 16.1 Å². The van der Waals surface area contributed by atoms with Crippen molar-refractivity contribution in [3.63, 3.8) is 0 Å². The Kier molecular flexibility index (Phi) is 4.74. The third kappa shape index (κ3) is 3.92. The lowest BCUT2D eigenvalue weighted by atomic mass is 10.1. The Labute approximate surface area is 114 Å². The molecule has 1 heterocycles. The van der Waals surface area contributed by atoms with Crippen molar-refractivity contribution in [2.24, 2.45) is 0 Å². The largest absolute Gasteiger partial charge is 0.311 e.